The summed E-state index contributed by atoms with van der Waals surface area (Å²) in [5.41, 5.74) is 1.27. The van der Waals surface area contributed by atoms with Gasteiger partial charge in [-0.3, -0.25) is 0 Å². The molecule has 2 rings (SSSR count). The van der Waals surface area contributed by atoms with Gasteiger partial charge >= 0.3 is 0 Å². The molecule has 1 aromatic rings. The average Bonchev–Trinajstić information content (AvgIpc) is 2.49. The fraction of sp³-hybridized carbons (Fsp3) is 0.625. The van der Waals surface area contributed by atoms with E-state index < -0.39 is 0 Å². The summed E-state index contributed by atoms with van der Waals surface area (Å²) in [4.78, 5) is 2.37. The number of ether oxygens (including phenoxy) is 1. The van der Waals surface area contributed by atoms with Crippen molar-refractivity contribution < 1.29 is 4.74 Å². The highest BCUT2D eigenvalue weighted by molar-refractivity contribution is 7.80. The van der Waals surface area contributed by atoms with Crippen molar-refractivity contribution in [2.45, 2.75) is 6.92 Å². The van der Waals surface area contributed by atoms with E-state index in [2.05, 4.69) is 11.8 Å². The van der Waals surface area contributed by atoms with Crippen LogP contribution in [0.3, 0.4) is 0 Å². The molecule has 0 radical (unpaired) electrons. The molecule has 0 N–H and O–H groups in total. The van der Waals surface area contributed by atoms with Crippen molar-refractivity contribution >= 4 is 37.9 Å². The highest BCUT2D eigenvalue weighted by Gasteiger charge is 2.15. The normalized spacial score (nSPS) is 17.8. The molecule has 1 fully saturated rings. The quantitative estimate of drug-likeness (QED) is 0.546. The van der Waals surface area contributed by atoms with Crippen LogP contribution in [0.5, 0.6) is 0 Å². The molecule has 0 amide bonds. The summed E-state index contributed by atoms with van der Waals surface area (Å²) in [7, 11) is 3.49. The number of nitrogens with zero attached hydrogens (tertiary/aromatic N) is 1. The van der Waals surface area contributed by atoms with E-state index in [1.807, 2.05) is 0 Å². The molecule has 2 nitrogen and oxygen atoms in total. The van der Waals surface area contributed by atoms with Crippen molar-refractivity contribution in [3.63, 3.8) is 0 Å². The first-order valence-electron chi connectivity index (χ1n) is 4.21. The van der Waals surface area contributed by atoms with E-state index in [0.29, 0.717) is 0 Å². The lowest BCUT2D eigenvalue weighted by Crippen LogP contribution is -2.35. The molecule has 5 heteroatoms. The maximum Gasteiger partial charge on any atom is 0.107 e. The summed E-state index contributed by atoms with van der Waals surface area (Å²) in [5.74, 6) is 0. The van der Waals surface area contributed by atoms with Crippen molar-refractivity contribution in [1.82, 2.24) is 0 Å². The molecule has 0 bridgehead atoms. The lowest BCUT2D eigenvalue weighted by molar-refractivity contribution is 0.123. The van der Waals surface area contributed by atoms with Crippen LogP contribution >= 0.6 is 32.9 Å². The smallest absolute Gasteiger partial charge is 0.107 e. The number of hydrogen-bond acceptors (Lipinski definition) is 5. The minimum absolute atomic E-state index is 0.842. The molecule has 0 unspecified atom stereocenters. The predicted octanol–water partition coefficient (Wildman–Crippen LogP) is 2.68. The largest absolute Gasteiger partial charge is 0.378 e. The molecule has 1 aliphatic rings. The van der Waals surface area contributed by atoms with E-state index in [9.17, 15) is 0 Å². The molecule has 0 spiro atoms. The van der Waals surface area contributed by atoms with Gasteiger partial charge in [0, 0.05) is 18.7 Å². The van der Waals surface area contributed by atoms with Crippen LogP contribution in [-0.2, 0) is 4.74 Å². The van der Waals surface area contributed by atoms with Crippen molar-refractivity contribution in [2.24, 2.45) is 0 Å². The monoisotopic (exact) mass is 233 g/mol. The zero-order chi connectivity index (χ0) is 9.26. The minimum Gasteiger partial charge on any atom is -0.378 e. The van der Waals surface area contributed by atoms with Crippen LogP contribution in [0.15, 0.2) is 0 Å². The Morgan fingerprint density at radius 2 is 2.00 bits per heavy atom. The third kappa shape index (κ3) is 1.93. The van der Waals surface area contributed by atoms with Gasteiger partial charge < -0.3 is 9.64 Å². The van der Waals surface area contributed by atoms with Gasteiger partial charge in [0.25, 0.3) is 0 Å². The van der Waals surface area contributed by atoms with Gasteiger partial charge in [-0.2, -0.15) is 0 Å². The molecule has 0 aromatic carbocycles. The minimum atomic E-state index is 0.842. The Morgan fingerprint density at radius 3 is 2.54 bits per heavy atom. The van der Waals surface area contributed by atoms with Gasteiger partial charge in [-0.1, -0.05) is 32.9 Å². The fourth-order valence-corrected chi connectivity index (χ4v) is 4.30. The second kappa shape index (κ2) is 4.04. The number of anilines is 1. The first kappa shape index (κ1) is 9.58. The maximum absolute atomic E-state index is 5.31. The molecule has 13 heavy (non-hydrogen) atoms. The molecule has 1 saturated heterocycles. The van der Waals surface area contributed by atoms with Crippen LogP contribution in [-0.4, -0.2) is 26.3 Å². The standard InChI is InChI=1S/C8H11NOS3/c1-6-7(12-13-8(6)11)9-2-4-10-5-3-9/h2-5H2,1H3. The van der Waals surface area contributed by atoms with E-state index in [1.54, 1.807) is 20.7 Å². The van der Waals surface area contributed by atoms with Crippen LogP contribution in [0, 0.1) is 10.7 Å². The van der Waals surface area contributed by atoms with Crippen LogP contribution < -0.4 is 4.90 Å². The first-order chi connectivity index (χ1) is 6.29. The van der Waals surface area contributed by atoms with Crippen molar-refractivity contribution in [3.05, 3.63) is 9.39 Å². The van der Waals surface area contributed by atoms with E-state index in [4.69, 9.17) is 17.0 Å². The molecular formula is C8H11NOS3. The van der Waals surface area contributed by atoms with Gasteiger partial charge in [-0.05, 0) is 6.92 Å². The highest BCUT2D eigenvalue weighted by Crippen LogP contribution is 2.33. The van der Waals surface area contributed by atoms with Gasteiger partial charge in [0.15, 0.2) is 0 Å². The van der Waals surface area contributed by atoms with Crippen LogP contribution in [0.4, 0.5) is 5.00 Å². The predicted molar refractivity (Wildman–Crippen MR) is 60.8 cm³/mol. The van der Waals surface area contributed by atoms with Crippen molar-refractivity contribution in [1.29, 1.82) is 0 Å². The summed E-state index contributed by atoms with van der Waals surface area (Å²) in [6.07, 6.45) is 0. The molecule has 0 atom stereocenters. The average molecular weight is 233 g/mol. The molecular weight excluding hydrogens is 222 g/mol. The molecule has 2 heterocycles. The third-order valence-electron chi connectivity index (χ3n) is 2.12. The highest BCUT2D eigenvalue weighted by atomic mass is 32.9. The Labute approximate surface area is 90.2 Å². The van der Waals surface area contributed by atoms with Crippen molar-refractivity contribution in [3.8, 4) is 0 Å². The van der Waals surface area contributed by atoms with Gasteiger partial charge in [0.2, 0.25) is 0 Å². The van der Waals surface area contributed by atoms with Crippen LogP contribution in [0.25, 0.3) is 0 Å². The van der Waals surface area contributed by atoms with E-state index in [1.165, 1.54) is 10.6 Å². The summed E-state index contributed by atoms with van der Waals surface area (Å²) >= 11 is 5.21. The summed E-state index contributed by atoms with van der Waals surface area (Å²) in [6, 6.07) is 0. The van der Waals surface area contributed by atoms with Crippen LogP contribution in [0.1, 0.15) is 5.56 Å². The van der Waals surface area contributed by atoms with Gasteiger partial charge in [0.05, 0.1) is 13.2 Å². The Balaban J connectivity index is 2.23. The van der Waals surface area contributed by atoms with Crippen LogP contribution in [0.2, 0.25) is 0 Å². The van der Waals surface area contributed by atoms with E-state index in [0.717, 1.165) is 30.1 Å². The Morgan fingerprint density at radius 1 is 1.31 bits per heavy atom. The van der Waals surface area contributed by atoms with Gasteiger partial charge in [-0.25, -0.2) is 0 Å². The second-order valence-corrected chi connectivity index (χ2v) is 5.78. The third-order valence-corrected chi connectivity index (χ3v) is 5.48. The zero-order valence-electron chi connectivity index (χ0n) is 7.41. The van der Waals surface area contributed by atoms with E-state index in [-0.39, 0.29) is 0 Å². The lowest BCUT2D eigenvalue weighted by Gasteiger charge is -2.27. The fourth-order valence-electron chi connectivity index (χ4n) is 1.35. The number of hydrogen-bond donors (Lipinski definition) is 0. The Hall–Kier alpha value is 0.0300. The SMILES string of the molecule is Cc1c(N2CCOCC2)ssc1=S. The first-order valence-corrected chi connectivity index (χ1v) is 6.77. The molecule has 1 aromatic heterocycles. The van der Waals surface area contributed by atoms with Gasteiger partial charge in [-0.15, -0.1) is 0 Å². The summed E-state index contributed by atoms with van der Waals surface area (Å²) < 4.78 is 6.34. The zero-order valence-corrected chi connectivity index (χ0v) is 9.86. The molecule has 0 aliphatic carbocycles. The molecule has 0 saturated carbocycles. The van der Waals surface area contributed by atoms with Gasteiger partial charge in [0.1, 0.15) is 8.82 Å². The Kier molecular flexibility index (Phi) is 2.98. The maximum atomic E-state index is 5.31. The number of morpholine rings is 1. The molecule has 72 valence electrons. The topological polar surface area (TPSA) is 12.5 Å². The van der Waals surface area contributed by atoms with Crippen molar-refractivity contribution in [2.75, 3.05) is 31.2 Å². The molecule has 1 aliphatic heterocycles. The lowest BCUT2D eigenvalue weighted by atomic mass is 10.3. The second-order valence-electron chi connectivity index (χ2n) is 2.98. The Bertz CT molecular complexity index is 337. The summed E-state index contributed by atoms with van der Waals surface area (Å²) in [5, 5.41) is 1.35. The van der Waals surface area contributed by atoms with E-state index >= 15 is 0 Å². The summed E-state index contributed by atoms with van der Waals surface area (Å²) in [6.45, 7) is 5.80. The number of rotatable bonds is 1.